The monoisotopic (exact) mass is 212 g/mol. The van der Waals surface area contributed by atoms with Crippen LogP contribution in [-0.2, 0) is 6.61 Å². The van der Waals surface area contributed by atoms with E-state index in [9.17, 15) is 4.39 Å². The number of hydrogen-bond acceptors (Lipinski definition) is 3. The maximum atomic E-state index is 13.4. The van der Waals surface area contributed by atoms with Gasteiger partial charge in [0.05, 0.1) is 13.7 Å². The zero-order chi connectivity index (χ0) is 10.1. The van der Waals surface area contributed by atoms with Crippen molar-refractivity contribution in [1.29, 1.82) is 0 Å². The molecule has 0 aliphatic rings. The van der Waals surface area contributed by atoms with Gasteiger partial charge in [0.2, 0.25) is 0 Å². The van der Waals surface area contributed by atoms with Gasteiger partial charge in [-0.1, -0.05) is 0 Å². The van der Waals surface area contributed by atoms with Gasteiger partial charge in [-0.05, 0) is 12.1 Å². The highest BCUT2D eigenvalue weighted by Crippen LogP contribution is 2.33. The Hall–Kier alpha value is -1.13. The Morgan fingerprint density at radius 2 is 2.29 bits per heavy atom. The Labute approximate surface area is 84.6 Å². The van der Waals surface area contributed by atoms with Crippen LogP contribution in [0.2, 0.25) is 0 Å². The lowest BCUT2D eigenvalue weighted by molar-refractivity contribution is 0.275. The number of thiophene rings is 1. The second kappa shape index (κ2) is 3.55. The van der Waals surface area contributed by atoms with E-state index in [0.717, 1.165) is 4.70 Å². The van der Waals surface area contributed by atoms with E-state index in [-0.39, 0.29) is 12.4 Å². The van der Waals surface area contributed by atoms with Crippen LogP contribution in [0.4, 0.5) is 4.39 Å². The van der Waals surface area contributed by atoms with Crippen molar-refractivity contribution in [3.63, 3.8) is 0 Å². The first-order valence-corrected chi connectivity index (χ1v) is 4.99. The van der Waals surface area contributed by atoms with Gasteiger partial charge >= 0.3 is 0 Å². The molecule has 0 saturated heterocycles. The first kappa shape index (κ1) is 9.43. The van der Waals surface area contributed by atoms with E-state index in [2.05, 4.69) is 0 Å². The molecule has 1 aromatic heterocycles. The third-order valence-corrected chi connectivity index (χ3v) is 3.06. The van der Waals surface area contributed by atoms with Crippen molar-refractivity contribution in [1.82, 2.24) is 0 Å². The number of rotatable bonds is 2. The number of fused-ring (bicyclic) bond motifs is 1. The molecule has 14 heavy (non-hydrogen) atoms. The van der Waals surface area contributed by atoms with Crippen molar-refractivity contribution < 1.29 is 14.2 Å². The minimum absolute atomic E-state index is 0.214. The Morgan fingerprint density at radius 3 is 2.93 bits per heavy atom. The smallest absolute Gasteiger partial charge is 0.142 e. The average molecular weight is 212 g/mol. The van der Waals surface area contributed by atoms with Crippen LogP contribution in [0.15, 0.2) is 17.5 Å². The molecule has 0 saturated carbocycles. The molecule has 74 valence electrons. The third-order valence-electron chi connectivity index (χ3n) is 2.14. The second-order valence-electron chi connectivity index (χ2n) is 2.86. The fraction of sp³-hybridized carbons (Fsp3) is 0.200. The van der Waals surface area contributed by atoms with Gasteiger partial charge in [-0.3, -0.25) is 0 Å². The zero-order valence-corrected chi connectivity index (χ0v) is 8.40. The Balaban J connectivity index is 2.81. The molecule has 0 spiro atoms. The lowest BCUT2D eigenvalue weighted by Crippen LogP contribution is -1.92. The molecule has 0 atom stereocenters. The number of ether oxygens (including phenoxy) is 1. The minimum Gasteiger partial charge on any atom is -0.496 e. The van der Waals surface area contributed by atoms with E-state index < -0.39 is 0 Å². The fourth-order valence-electron chi connectivity index (χ4n) is 1.49. The lowest BCUT2D eigenvalue weighted by atomic mass is 10.1. The quantitative estimate of drug-likeness (QED) is 0.829. The van der Waals surface area contributed by atoms with E-state index in [4.69, 9.17) is 9.84 Å². The van der Waals surface area contributed by atoms with Crippen molar-refractivity contribution in [2.75, 3.05) is 7.11 Å². The number of methoxy groups -OCH3 is 1. The molecule has 2 nitrogen and oxygen atoms in total. The van der Waals surface area contributed by atoms with Crippen LogP contribution in [0.1, 0.15) is 5.56 Å². The van der Waals surface area contributed by atoms with Gasteiger partial charge in [-0.2, -0.15) is 0 Å². The molecule has 0 unspecified atom stereocenters. The summed E-state index contributed by atoms with van der Waals surface area (Å²) >= 11 is 1.32. The molecule has 2 rings (SSSR count). The van der Waals surface area contributed by atoms with Gasteiger partial charge in [0.15, 0.2) is 0 Å². The molecule has 1 heterocycles. The van der Waals surface area contributed by atoms with E-state index in [1.807, 2.05) is 0 Å². The molecular formula is C10H9FO2S. The third kappa shape index (κ3) is 1.27. The number of aliphatic hydroxyl groups excluding tert-OH is 1. The summed E-state index contributed by atoms with van der Waals surface area (Å²) in [6.45, 7) is -0.214. The highest BCUT2D eigenvalue weighted by atomic mass is 32.1. The number of halogens is 1. The highest BCUT2D eigenvalue weighted by Gasteiger charge is 2.12. The summed E-state index contributed by atoms with van der Waals surface area (Å²) in [5, 5.41) is 11.1. The van der Waals surface area contributed by atoms with Gasteiger partial charge in [0.1, 0.15) is 11.6 Å². The maximum Gasteiger partial charge on any atom is 0.142 e. The van der Waals surface area contributed by atoms with Gasteiger partial charge < -0.3 is 9.84 Å². The van der Waals surface area contributed by atoms with Gasteiger partial charge in [-0.25, -0.2) is 4.39 Å². The first-order valence-electron chi connectivity index (χ1n) is 4.11. The zero-order valence-electron chi connectivity index (χ0n) is 7.58. The molecule has 4 heteroatoms. The van der Waals surface area contributed by atoms with Crippen molar-refractivity contribution in [3.05, 3.63) is 28.9 Å². The van der Waals surface area contributed by atoms with Crippen LogP contribution in [-0.4, -0.2) is 12.2 Å². The van der Waals surface area contributed by atoms with Gasteiger partial charge in [0.25, 0.3) is 0 Å². The summed E-state index contributed by atoms with van der Waals surface area (Å²) < 4.78 is 19.2. The number of aliphatic hydroxyl groups is 1. The summed E-state index contributed by atoms with van der Waals surface area (Å²) in [6.07, 6.45) is 0. The van der Waals surface area contributed by atoms with E-state index >= 15 is 0 Å². The lowest BCUT2D eigenvalue weighted by Gasteiger charge is -2.06. The Bertz CT molecular complexity index is 464. The second-order valence-corrected chi connectivity index (χ2v) is 3.77. The largest absolute Gasteiger partial charge is 0.496 e. The Kier molecular flexibility index (Phi) is 2.39. The molecule has 1 aromatic carbocycles. The highest BCUT2D eigenvalue weighted by molar-refractivity contribution is 7.17. The van der Waals surface area contributed by atoms with Gasteiger partial charge in [-0.15, -0.1) is 11.3 Å². The van der Waals surface area contributed by atoms with Crippen LogP contribution < -0.4 is 4.74 Å². The molecule has 2 aromatic rings. The van der Waals surface area contributed by atoms with Crippen LogP contribution in [0, 0.1) is 5.82 Å². The summed E-state index contributed by atoms with van der Waals surface area (Å²) in [5.74, 6) is 0.227. The first-order chi connectivity index (χ1) is 6.77. The normalized spacial score (nSPS) is 10.8. The van der Waals surface area contributed by atoms with E-state index in [1.165, 1.54) is 23.8 Å². The van der Waals surface area contributed by atoms with Crippen LogP contribution in [0.5, 0.6) is 5.75 Å². The van der Waals surface area contributed by atoms with Crippen LogP contribution in [0.25, 0.3) is 10.1 Å². The molecule has 0 radical (unpaired) electrons. The minimum atomic E-state index is -0.298. The molecule has 1 N–H and O–H groups in total. The maximum absolute atomic E-state index is 13.4. The van der Waals surface area contributed by atoms with Crippen molar-refractivity contribution >= 4 is 21.4 Å². The van der Waals surface area contributed by atoms with E-state index in [0.29, 0.717) is 16.7 Å². The predicted molar refractivity (Wildman–Crippen MR) is 54.3 cm³/mol. The molecule has 0 fully saturated rings. The van der Waals surface area contributed by atoms with Crippen LogP contribution >= 0.6 is 11.3 Å². The molecule has 0 bridgehead atoms. The summed E-state index contributed by atoms with van der Waals surface area (Å²) in [6, 6.07) is 3.53. The summed E-state index contributed by atoms with van der Waals surface area (Å²) in [5.41, 5.74) is 0.517. The standard InChI is InChI=1S/C10H9FO2S/c1-13-8-2-3-9-10(6(8)4-12)7(11)5-14-9/h2-3,5,12H,4H2,1H3. The molecule has 0 amide bonds. The van der Waals surface area contributed by atoms with E-state index in [1.54, 1.807) is 12.1 Å². The topological polar surface area (TPSA) is 29.5 Å². The fourth-order valence-corrected chi connectivity index (χ4v) is 2.32. The number of hydrogen-bond donors (Lipinski definition) is 1. The van der Waals surface area contributed by atoms with Crippen molar-refractivity contribution in [3.8, 4) is 5.75 Å². The predicted octanol–water partition coefficient (Wildman–Crippen LogP) is 2.54. The summed E-state index contributed by atoms with van der Waals surface area (Å²) in [4.78, 5) is 0. The molecule has 0 aliphatic carbocycles. The van der Waals surface area contributed by atoms with Crippen molar-refractivity contribution in [2.45, 2.75) is 6.61 Å². The Morgan fingerprint density at radius 1 is 1.50 bits per heavy atom. The average Bonchev–Trinajstić information content (AvgIpc) is 2.59. The molecule has 0 aliphatic heterocycles. The molecular weight excluding hydrogens is 203 g/mol. The van der Waals surface area contributed by atoms with Crippen LogP contribution in [0.3, 0.4) is 0 Å². The number of benzene rings is 1. The van der Waals surface area contributed by atoms with Gasteiger partial charge in [0, 0.05) is 21.0 Å². The summed E-state index contributed by atoms with van der Waals surface area (Å²) in [7, 11) is 1.50. The SMILES string of the molecule is COc1ccc2scc(F)c2c1CO. The van der Waals surface area contributed by atoms with Crippen molar-refractivity contribution in [2.24, 2.45) is 0 Å².